The zero-order valence-electron chi connectivity index (χ0n) is 62.8. The van der Waals surface area contributed by atoms with E-state index in [-0.39, 0.29) is 0 Å². The Balaban J connectivity index is 0.000000105. The summed E-state index contributed by atoms with van der Waals surface area (Å²) in [5.74, 6) is 0. The lowest BCUT2D eigenvalue weighted by molar-refractivity contribution is -0.749. The van der Waals surface area contributed by atoms with Crippen molar-refractivity contribution in [3.8, 4) is 28.4 Å². The van der Waals surface area contributed by atoms with Crippen molar-refractivity contribution in [2.45, 2.75) is 109 Å². The lowest BCUT2D eigenvalue weighted by Crippen LogP contribution is -2.36. The molecule has 0 atom stereocenters. The van der Waals surface area contributed by atoms with Crippen LogP contribution in [0, 0.1) is 142 Å². The predicted molar refractivity (Wildman–Crippen MR) is 428 cm³/mol. The molecule has 0 fully saturated rings. The maximum atomic E-state index is 7.32. The van der Waals surface area contributed by atoms with Crippen molar-refractivity contribution in [2.24, 2.45) is 0 Å². The molecule has 15 aromatic rings. The van der Waals surface area contributed by atoms with Crippen LogP contribution in [-0.2, 0) is 32.7 Å². The molecule has 20 nitrogen and oxygen atoms in total. The van der Waals surface area contributed by atoms with Gasteiger partial charge < -0.3 is 0 Å². The van der Waals surface area contributed by atoms with Crippen molar-refractivity contribution in [1.29, 1.82) is 0 Å². The first kappa shape index (κ1) is 69.8. The van der Waals surface area contributed by atoms with Gasteiger partial charge in [0.05, 0.1) is 104 Å². The second-order valence-corrected chi connectivity index (χ2v) is 29.0. The molecule has 20 heteroatoms. The Hall–Kier alpha value is -15.6. The number of rotatable bonds is 0. The molecule has 5 aromatic heterocycles. The minimum absolute atomic E-state index is 0.418. The highest BCUT2D eigenvalue weighted by atomic mass is 15.4. The van der Waals surface area contributed by atoms with Gasteiger partial charge in [-0.1, -0.05) is 54.1 Å². The summed E-state index contributed by atoms with van der Waals surface area (Å²) in [6.07, 6.45) is 10.3. The molecule has 10 aromatic carbocycles. The smallest absolute Gasteiger partial charge is 0.202 e. The van der Waals surface area contributed by atoms with Crippen LogP contribution in [0.1, 0.15) is 89.0 Å². The van der Waals surface area contributed by atoms with Crippen LogP contribution < -0.4 is 23.4 Å². The molecule has 0 saturated heterocycles. The number of hydrogen-bond donors (Lipinski definition) is 0. The fourth-order valence-corrected chi connectivity index (χ4v) is 16.6. The van der Waals surface area contributed by atoms with Crippen LogP contribution >= 0.6 is 0 Å². The molecule has 0 unspecified atom stereocenters. The van der Waals surface area contributed by atoms with Crippen molar-refractivity contribution in [3.05, 3.63) is 349 Å². The van der Waals surface area contributed by atoms with E-state index in [0.717, 1.165) is 87.2 Å². The third-order valence-corrected chi connectivity index (χ3v) is 22.3. The van der Waals surface area contributed by atoms with E-state index < -0.39 is 0 Å². The van der Waals surface area contributed by atoms with E-state index in [1.165, 1.54) is 117 Å². The van der Waals surface area contributed by atoms with Gasteiger partial charge in [-0.15, -0.1) is 46.8 Å². The third-order valence-electron chi connectivity index (χ3n) is 22.3. The van der Waals surface area contributed by atoms with E-state index >= 15 is 0 Å². The highest BCUT2D eigenvalue weighted by molar-refractivity contribution is 5.96. The van der Waals surface area contributed by atoms with Gasteiger partial charge >= 0.3 is 0 Å². The van der Waals surface area contributed by atoms with Gasteiger partial charge in [0, 0.05) is 16.7 Å². The molecule has 0 aliphatic carbocycles. The first-order valence-electron chi connectivity index (χ1n) is 35.8. The quantitative estimate of drug-likeness (QED) is 0.107. The number of hydrogen-bond acceptors (Lipinski definition) is 0. The zero-order chi connectivity index (χ0) is 78.0. The van der Waals surface area contributed by atoms with E-state index in [1.54, 1.807) is 0 Å². The van der Waals surface area contributed by atoms with E-state index in [2.05, 4.69) is 257 Å². The molecule has 0 bridgehead atoms. The van der Waals surface area contributed by atoms with Crippen molar-refractivity contribution in [2.75, 3.05) is 0 Å². The molecule has 5 aliphatic heterocycles. The Kier molecular flexibility index (Phi) is 16.7. The average molecular weight is 1440 g/mol. The predicted octanol–water partition coefficient (Wildman–Crippen LogP) is 20.3. The Morgan fingerprint density at radius 2 is 0.577 bits per heavy atom. The number of aromatic nitrogens is 10. The summed E-state index contributed by atoms with van der Waals surface area (Å²) in [5.41, 5.74) is 35.7. The maximum Gasteiger partial charge on any atom is 0.202 e. The van der Waals surface area contributed by atoms with E-state index in [9.17, 15) is 0 Å². The number of aryl methyl sites for hydroxylation is 8. The van der Waals surface area contributed by atoms with E-state index in [0.29, 0.717) is 56.9 Å². The van der Waals surface area contributed by atoms with Crippen LogP contribution in [0.15, 0.2) is 146 Å². The summed E-state index contributed by atoms with van der Waals surface area (Å²) in [4.78, 5) is 34.9. The molecule has 0 N–H and O–H groups in total. The fraction of sp³-hybridized carbons (Fsp3) is 0.176. The van der Waals surface area contributed by atoms with Gasteiger partial charge in [0.2, 0.25) is 31.0 Å². The molecule has 10 heterocycles. The van der Waals surface area contributed by atoms with Crippen molar-refractivity contribution >= 4 is 111 Å². The van der Waals surface area contributed by atoms with Crippen LogP contribution in [-0.4, -0.2) is 23.4 Å². The molecule has 20 rings (SSSR count). The normalized spacial score (nSPS) is 11.8. The fourth-order valence-electron chi connectivity index (χ4n) is 16.6. The second kappa shape index (κ2) is 26.5. The Bertz CT molecular complexity index is 7260. The summed E-state index contributed by atoms with van der Waals surface area (Å²) < 4.78 is 21.6. The lowest BCUT2D eigenvalue weighted by atomic mass is 9.97. The van der Waals surface area contributed by atoms with Gasteiger partial charge in [-0.2, -0.15) is 0 Å². The molecule has 0 amide bonds. The SMILES string of the molecule is [C-]#[N+]c1cc2c[n+]3n(c2cc1[N+]#[C-])-c1c(C)cc(C)cc1C3.[C-]#[N+]c1cc2c[n+]3n(c2cc1[N+]#[C-])-c1c(ccc(C)c1C)C3.[C-]#[N+]c1cc2c[n+]3n(c2cc1[N+]#[C-])-c1cc(C)c(C)c(C)c1C3.[C-]#[N+]c1cc2c[n+]3n(c2cc1[N+]#[C-])-c1cc(C)c(C)cc1C3.[C-]#[N+]c1cc2c[n+]3n(c2cc1[N+]#[C-])-c1cc(C)cc(C)c1C3. The number of benzene rings is 10. The summed E-state index contributed by atoms with van der Waals surface area (Å²) in [5, 5.41) is 5.02. The summed E-state index contributed by atoms with van der Waals surface area (Å²) in [6.45, 7) is 100. The molecular weight excluding hydrogens is 1370 g/mol. The molecule has 0 saturated carbocycles. The van der Waals surface area contributed by atoms with Gasteiger partial charge in [0.25, 0.3) is 0 Å². The molecule has 526 valence electrons. The molecule has 111 heavy (non-hydrogen) atoms. The van der Waals surface area contributed by atoms with Crippen molar-refractivity contribution in [1.82, 2.24) is 23.4 Å². The van der Waals surface area contributed by atoms with Crippen LogP contribution in [0.3, 0.4) is 0 Å². The topological polar surface area (TPSA) is 87.6 Å². The van der Waals surface area contributed by atoms with Crippen LogP contribution in [0.4, 0.5) is 56.9 Å². The standard InChI is InChI=1S/C19H15N4.4C18H13N4/c1-11-6-19-15(13(3)12(11)2)10-22-9-14-7-16(20-4)17(21-5)8-18(14)23(19)22;1-11-5-13-9-21-10-14-7-15(19-3)16(20-4)8-18(14)22(21)17(13)6-12(11)2;1-11-5-12(2)14-10-21-9-13-7-15(19-3)16(20-4)8-17(13)22(21)18(14)6-11;1-11-5-12(2)18-14(6-11)10-21-9-13-7-15(19-3)16(20-4)8-17(13)22(18)21;1-11-5-6-13-9-21-10-14-7-15(19-3)16(20-4)8-17(14)22(21)18(13)12(11)2/h6-9H,10H2,1-3H3;5-8,10H,9H2,1-2H3;2*5-9H,10H2,1-2H3;5-8,10H,9H2,1-2H3/q5*+1. The van der Waals surface area contributed by atoms with Gasteiger partial charge in [0.15, 0.2) is 89.6 Å². The van der Waals surface area contributed by atoms with Gasteiger partial charge in [-0.05, 0) is 199 Å². The maximum absolute atomic E-state index is 7.32. The Labute approximate surface area is 641 Å². The first-order chi connectivity index (χ1) is 53.5. The number of fused-ring (bicyclic) bond motifs is 25. The third kappa shape index (κ3) is 11.1. The van der Waals surface area contributed by atoms with Gasteiger partial charge in [-0.3, -0.25) is 48.5 Å². The van der Waals surface area contributed by atoms with E-state index in [1.807, 2.05) is 60.7 Å². The Morgan fingerprint density at radius 1 is 0.243 bits per heavy atom. The summed E-state index contributed by atoms with van der Waals surface area (Å²) in [6, 6.07) is 38.0. The monoisotopic (exact) mass is 1440 g/mol. The van der Waals surface area contributed by atoms with Crippen LogP contribution in [0.2, 0.25) is 0 Å². The van der Waals surface area contributed by atoms with Crippen molar-refractivity contribution in [3.63, 3.8) is 0 Å². The van der Waals surface area contributed by atoms with E-state index in [4.69, 9.17) is 65.7 Å². The van der Waals surface area contributed by atoms with Crippen LogP contribution in [0.25, 0.3) is 131 Å². The minimum Gasteiger partial charge on any atom is -0.250 e. The highest BCUT2D eigenvalue weighted by Gasteiger charge is 2.36. The molecular formula is C91H67N20+5. The van der Waals surface area contributed by atoms with Gasteiger partial charge in [-0.25, -0.2) is 0 Å². The van der Waals surface area contributed by atoms with Crippen LogP contribution in [0.5, 0.6) is 0 Å². The number of nitrogens with zero attached hydrogens (tertiary/aromatic N) is 20. The molecule has 0 radical (unpaired) electrons. The summed E-state index contributed by atoms with van der Waals surface area (Å²) >= 11 is 0. The average Bonchev–Trinajstić information content (AvgIpc) is 1.60. The first-order valence-corrected chi connectivity index (χ1v) is 35.8. The highest BCUT2D eigenvalue weighted by Crippen LogP contribution is 2.43. The zero-order valence-corrected chi connectivity index (χ0v) is 62.8. The molecule has 0 spiro atoms. The summed E-state index contributed by atoms with van der Waals surface area (Å²) in [7, 11) is 0. The second-order valence-electron chi connectivity index (χ2n) is 29.0. The van der Waals surface area contributed by atoms with Crippen molar-refractivity contribution < 1.29 is 23.4 Å². The van der Waals surface area contributed by atoms with Gasteiger partial charge in [0.1, 0.15) is 56.0 Å². The minimum atomic E-state index is 0.418. The Morgan fingerprint density at radius 3 is 1.03 bits per heavy atom. The lowest BCUT2D eigenvalue weighted by Gasteiger charge is -2.08. The largest absolute Gasteiger partial charge is 0.250 e. The molecule has 5 aliphatic rings.